The number of ether oxygens (including phenoxy) is 1. The summed E-state index contributed by atoms with van der Waals surface area (Å²) in [6.45, 7) is 8.70. The van der Waals surface area contributed by atoms with E-state index < -0.39 is 0 Å². The standard InChI is InChI=1S/C16H33N3O2/c1-4-5-11-19(13-15-8-6-9-17-15)14(2)16(20)18-10-7-12-21-3/h14-15,17H,4-13H2,1-3H3,(H,18,20). The van der Waals surface area contributed by atoms with Crippen LogP contribution in [0.25, 0.3) is 0 Å². The van der Waals surface area contributed by atoms with Gasteiger partial charge in [0.05, 0.1) is 6.04 Å². The third-order valence-corrected chi connectivity index (χ3v) is 4.17. The van der Waals surface area contributed by atoms with Crippen molar-refractivity contribution in [2.75, 3.05) is 39.9 Å². The summed E-state index contributed by atoms with van der Waals surface area (Å²) in [6.07, 6.45) is 5.66. The number of carbonyl (C=O) groups is 1. The predicted molar refractivity (Wildman–Crippen MR) is 86.5 cm³/mol. The molecule has 1 aliphatic rings. The number of unbranched alkanes of at least 4 members (excludes halogenated alkanes) is 1. The SMILES string of the molecule is CCCCN(CC1CCCN1)C(C)C(=O)NCCCOC. The van der Waals surface area contributed by atoms with Crippen LogP contribution in [0.4, 0.5) is 0 Å². The quantitative estimate of drug-likeness (QED) is 0.566. The Hall–Kier alpha value is -0.650. The van der Waals surface area contributed by atoms with Crippen LogP contribution in [0.3, 0.4) is 0 Å². The molecule has 2 N–H and O–H groups in total. The van der Waals surface area contributed by atoms with E-state index in [0.717, 1.165) is 38.9 Å². The molecule has 0 aliphatic carbocycles. The zero-order chi connectivity index (χ0) is 15.5. The summed E-state index contributed by atoms with van der Waals surface area (Å²) in [5.41, 5.74) is 0. The van der Waals surface area contributed by atoms with Gasteiger partial charge in [0.2, 0.25) is 5.91 Å². The molecular formula is C16H33N3O2. The van der Waals surface area contributed by atoms with E-state index in [-0.39, 0.29) is 11.9 Å². The van der Waals surface area contributed by atoms with E-state index in [1.807, 2.05) is 6.92 Å². The molecule has 1 rings (SSSR count). The second-order valence-electron chi connectivity index (χ2n) is 5.96. The third-order valence-electron chi connectivity index (χ3n) is 4.17. The second-order valence-corrected chi connectivity index (χ2v) is 5.96. The lowest BCUT2D eigenvalue weighted by Gasteiger charge is -2.30. The minimum absolute atomic E-state index is 0.0542. The fourth-order valence-electron chi connectivity index (χ4n) is 2.74. The number of methoxy groups -OCH3 is 1. The molecule has 0 bridgehead atoms. The number of nitrogens with one attached hydrogen (secondary N) is 2. The van der Waals surface area contributed by atoms with Gasteiger partial charge >= 0.3 is 0 Å². The van der Waals surface area contributed by atoms with Gasteiger partial charge in [0.25, 0.3) is 0 Å². The fraction of sp³-hybridized carbons (Fsp3) is 0.938. The fourth-order valence-corrected chi connectivity index (χ4v) is 2.74. The van der Waals surface area contributed by atoms with E-state index in [1.165, 1.54) is 12.8 Å². The molecule has 1 heterocycles. The van der Waals surface area contributed by atoms with Crippen LogP contribution in [-0.4, -0.2) is 62.8 Å². The maximum absolute atomic E-state index is 12.3. The molecule has 1 amide bonds. The first-order valence-corrected chi connectivity index (χ1v) is 8.43. The molecule has 0 aromatic rings. The third kappa shape index (κ3) is 7.25. The largest absolute Gasteiger partial charge is 0.385 e. The summed E-state index contributed by atoms with van der Waals surface area (Å²) in [4.78, 5) is 14.6. The Morgan fingerprint density at radius 2 is 2.29 bits per heavy atom. The van der Waals surface area contributed by atoms with Crippen LogP contribution in [-0.2, 0) is 9.53 Å². The Bertz CT molecular complexity index is 281. The monoisotopic (exact) mass is 299 g/mol. The molecule has 2 unspecified atom stereocenters. The Balaban J connectivity index is 2.40. The van der Waals surface area contributed by atoms with E-state index in [0.29, 0.717) is 19.2 Å². The molecule has 0 radical (unpaired) electrons. The lowest BCUT2D eigenvalue weighted by atomic mass is 10.1. The number of carbonyl (C=O) groups excluding carboxylic acids is 1. The number of rotatable bonds is 11. The van der Waals surface area contributed by atoms with E-state index in [4.69, 9.17) is 4.74 Å². The zero-order valence-electron chi connectivity index (χ0n) is 14.0. The van der Waals surface area contributed by atoms with Gasteiger partial charge in [0.1, 0.15) is 0 Å². The van der Waals surface area contributed by atoms with Gasteiger partial charge in [-0.2, -0.15) is 0 Å². The van der Waals surface area contributed by atoms with Crippen molar-refractivity contribution in [1.29, 1.82) is 0 Å². The normalized spacial score (nSPS) is 19.9. The zero-order valence-corrected chi connectivity index (χ0v) is 14.0. The maximum Gasteiger partial charge on any atom is 0.237 e. The smallest absolute Gasteiger partial charge is 0.237 e. The highest BCUT2D eigenvalue weighted by atomic mass is 16.5. The number of nitrogens with zero attached hydrogens (tertiary/aromatic N) is 1. The second kappa shape index (κ2) is 11.0. The average Bonchev–Trinajstić information content (AvgIpc) is 3.00. The van der Waals surface area contributed by atoms with Crippen molar-refractivity contribution in [3.63, 3.8) is 0 Å². The highest BCUT2D eigenvalue weighted by Crippen LogP contribution is 2.10. The first-order valence-electron chi connectivity index (χ1n) is 8.43. The van der Waals surface area contributed by atoms with Crippen molar-refractivity contribution in [3.8, 4) is 0 Å². The molecule has 0 spiro atoms. The van der Waals surface area contributed by atoms with Gasteiger partial charge in [-0.15, -0.1) is 0 Å². The Labute approximate surface area is 129 Å². The number of hydrogen-bond acceptors (Lipinski definition) is 4. The number of hydrogen-bond donors (Lipinski definition) is 2. The van der Waals surface area contributed by atoms with Gasteiger partial charge in [-0.1, -0.05) is 13.3 Å². The highest BCUT2D eigenvalue weighted by Gasteiger charge is 2.24. The molecule has 1 aliphatic heterocycles. The van der Waals surface area contributed by atoms with Crippen molar-refractivity contribution < 1.29 is 9.53 Å². The van der Waals surface area contributed by atoms with E-state index in [9.17, 15) is 4.79 Å². The first kappa shape index (κ1) is 18.4. The molecule has 0 aromatic carbocycles. The van der Waals surface area contributed by atoms with E-state index in [1.54, 1.807) is 7.11 Å². The molecular weight excluding hydrogens is 266 g/mol. The van der Waals surface area contributed by atoms with Crippen molar-refractivity contribution in [3.05, 3.63) is 0 Å². The molecule has 124 valence electrons. The molecule has 21 heavy (non-hydrogen) atoms. The average molecular weight is 299 g/mol. The van der Waals surface area contributed by atoms with Gasteiger partial charge in [0.15, 0.2) is 0 Å². The minimum Gasteiger partial charge on any atom is -0.385 e. The van der Waals surface area contributed by atoms with Crippen LogP contribution in [0.15, 0.2) is 0 Å². The summed E-state index contributed by atoms with van der Waals surface area (Å²) in [5.74, 6) is 0.139. The van der Waals surface area contributed by atoms with Gasteiger partial charge in [-0.05, 0) is 45.7 Å². The van der Waals surface area contributed by atoms with Crippen LogP contribution in [0.5, 0.6) is 0 Å². The summed E-state index contributed by atoms with van der Waals surface area (Å²) >= 11 is 0. The lowest BCUT2D eigenvalue weighted by Crippen LogP contribution is -2.49. The van der Waals surface area contributed by atoms with Crippen LogP contribution < -0.4 is 10.6 Å². The topological polar surface area (TPSA) is 53.6 Å². The van der Waals surface area contributed by atoms with Crippen LogP contribution in [0.2, 0.25) is 0 Å². The lowest BCUT2D eigenvalue weighted by molar-refractivity contribution is -0.126. The van der Waals surface area contributed by atoms with Crippen LogP contribution in [0.1, 0.15) is 46.0 Å². The van der Waals surface area contributed by atoms with Crippen molar-refractivity contribution in [2.45, 2.75) is 58.0 Å². The van der Waals surface area contributed by atoms with Gasteiger partial charge in [-0.3, -0.25) is 9.69 Å². The summed E-state index contributed by atoms with van der Waals surface area (Å²) in [5, 5.41) is 6.55. The summed E-state index contributed by atoms with van der Waals surface area (Å²) in [6, 6.07) is 0.493. The molecule has 2 atom stereocenters. The Kier molecular flexibility index (Phi) is 9.63. The Morgan fingerprint density at radius 3 is 2.90 bits per heavy atom. The van der Waals surface area contributed by atoms with E-state index >= 15 is 0 Å². The van der Waals surface area contributed by atoms with Crippen LogP contribution >= 0.6 is 0 Å². The minimum atomic E-state index is -0.0542. The van der Waals surface area contributed by atoms with Crippen molar-refractivity contribution in [1.82, 2.24) is 15.5 Å². The number of amides is 1. The summed E-state index contributed by atoms with van der Waals surface area (Å²) < 4.78 is 5.00. The Morgan fingerprint density at radius 1 is 1.48 bits per heavy atom. The van der Waals surface area contributed by atoms with Gasteiger partial charge < -0.3 is 15.4 Å². The predicted octanol–water partition coefficient (Wildman–Crippen LogP) is 1.38. The van der Waals surface area contributed by atoms with Gasteiger partial charge in [-0.25, -0.2) is 0 Å². The van der Waals surface area contributed by atoms with Crippen molar-refractivity contribution >= 4 is 5.91 Å². The maximum atomic E-state index is 12.3. The molecule has 0 aromatic heterocycles. The molecule has 0 saturated carbocycles. The van der Waals surface area contributed by atoms with Crippen LogP contribution in [0, 0.1) is 0 Å². The highest BCUT2D eigenvalue weighted by molar-refractivity contribution is 5.81. The molecule has 5 nitrogen and oxygen atoms in total. The van der Waals surface area contributed by atoms with Gasteiger partial charge in [0, 0.05) is 32.8 Å². The summed E-state index contributed by atoms with van der Waals surface area (Å²) in [7, 11) is 1.69. The van der Waals surface area contributed by atoms with E-state index in [2.05, 4.69) is 22.5 Å². The molecule has 1 saturated heterocycles. The molecule has 1 fully saturated rings. The first-order chi connectivity index (χ1) is 10.2. The van der Waals surface area contributed by atoms with Crippen molar-refractivity contribution in [2.24, 2.45) is 0 Å². The molecule has 5 heteroatoms.